The van der Waals surface area contributed by atoms with Crippen molar-refractivity contribution in [3.05, 3.63) is 40.5 Å². The molecule has 1 aromatic heterocycles. The summed E-state index contributed by atoms with van der Waals surface area (Å²) >= 11 is 5.89. The normalized spacial score (nSPS) is 13.9. The standard InChI is InChI=1S/C14H15ClN4/c15-12-8-13(19-14(16)18-12)17-11-7-3-5-9-4-1-2-6-10(9)11/h3,5,7-8H,1-2,4,6H2,(H3,16,17,18,19). The zero-order chi connectivity index (χ0) is 13.2. The van der Waals surface area contributed by atoms with Crippen molar-refractivity contribution in [1.82, 2.24) is 9.97 Å². The molecule has 1 heterocycles. The van der Waals surface area contributed by atoms with Crippen LogP contribution in [0.4, 0.5) is 17.5 Å². The SMILES string of the molecule is Nc1nc(Cl)cc(Nc2cccc3c2CCCC3)n1. The second kappa shape index (κ2) is 5.05. The summed E-state index contributed by atoms with van der Waals surface area (Å²) in [6, 6.07) is 8.01. The molecule has 0 aliphatic heterocycles. The van der Waals surface area contributed by atoms with Gasteiger partial charge in [-0.3, -0.25) is 0 Å². The maximum atomic E-state index is 5.89. The topological polar surface area (TPSA) is 63.8 Å². The number of rotatable bonds is 2. The van der Waals surface area contributed by atoms with Crippen LogP contribution in [0, 0.1) is 0 Å². The van der Waals surface area contributed by atoms with E-state index in [0.717, 1.165) is 18.5 Å². The molecular formula is C14H15ClN4. The van der Waals surface area contributed by atoms with Crippen molar-refractivity contribution in [2.45, 2.75) is 25.7 Å². The Morgan fingerprint density at radius 2 is 2.00 bits per heavy atom. The Balaban J connectivity index is 1.95. The Labute approximate surface area is 117 Å². The molecule has 0 spiro atoms. The van der Waals surface area contributed by atoms with Gasteiger partial charge in [-0.05, 0) is 42.9 Å². The first kappa shape index (κ1) is 12.2. The average Bonchev–Trinajstić information content (AvgIpc) is 2.38. The fourth-order valence-corrected chi connectivity index (χ4v) is 2.73. The van der Waals surface area contributed by atoms with Gasteiger partial charge in [0.2, 0.25) is 5.95 Å². The third kappa shape index (κ3) is 2.63. The van der Waals surface area contributed by atoms with Crippen molar-refractivity contribution in [2.24, 2.45) is 0 Å². The van der Waals surface area contributed by atoms with E-state index in [-0.39, 0.29) is 5.95 Å². The number of hydrogen-bond donors (Lipinski definition) is 2. The van der Waals surface area contributed by atoms with Crippen LogP contribution < -0.4 is 11.1 Å². The van der Waals surface area contributed by atoms with Gasteiger partial charge in [0.05, 0.1) is 0 Å². The zero-order valence-electron chi connectivity index (χ0n) is 10.5. The summed E-state index contributed by atoms with van der Waals surface area (Å²) in [6.07, 6.45) is 4.76. The maximum absolute atomic E-state index is 5.89. The van der Waals surface area contributed by atoms with Gasteiger partial charge in [0, 0.05) is 11.8 Å². The number of halogens is 1. The van der Waals surface area contributed by atoms with Crippen molar-refractivity contribution >= 4 is 29.1 Å². The number of benzene rings is 1. The fourth-order valence-electron chi connectivity index (χ4n) is 2.54. The van der Waals surface area contributed by atoms with E-state index < -0.39 is 0 Å². The van der Waals surface area contributed by atoms with Gasteiger partial charge in [0.25, 0.3) is 0 Å². The van der Waals surface area contributed by atoms with Crippen LogP contribution in [0.15, 0.2) is 24.3 Å². The number of fused-ring (bicyclic) bond motifs is 1. The number of nitrogen functional groups attached to an aromatic ring is 1. The van der Waals surface area contributed by atoms with Crippen LogP contribution in [-0.2, 0) is 12.8 Å². The molecule has 0 radical (unpaired) electrons. The summed E-state index contributed by atoms with van der Waals surface area (Å²) in [7, 11) is 0. The number of hydrogen-bond acceptors (Lipinski definition) is 4. The minimum Gasteiger partial charge on any atom is -0.368 e. The summed E-state index contributed by atoms with van der Waals surface area (Å²) in [5, 5.41) is 3.65. The Kier molecular flexibility index (Phi) is 3.25. The minimum absolute atomic E-state index is 0.180. The van der Waals surface area contributed by atoms with Gasteiger partial charge < -0.3 is 11.1 Å². The van der Waals surface area contributed by atoms with Gasteiger partial charge in [0.1, 0.15) is 11.0 Å². The molecule has 0 unspecified atom stereocenters. The number of nitrogens with zero attached hydrogens (tertiary/aromatic N) is 2. The maximum Gasteiger partial charge on any atom is 0.223 e. The summed E-state index contributed by atoms with van der Waals surface area (Å²) in [5.74, 6) is 0.816. The lowest BCUT2D eigenvalue weighted by Crippen LogP contribution is -2.07. The van der Waals surface area contributed by atoms with Crippen molar-refractivity contribution in [2.75, 3.05) is 11.1 Å². The molecule has 3 N–H and O–H groups in total. The summed E-state index contributed by atoms with van der Waals surface area (Å²) in [5.41, 5.74) is 9.49. The molecule has 0 atom stereocenters. The van der Waals surface area contributed by atoms with E-state index >= 15 is 0 Å². The molecule has 4 nitrogen and oxygen atoms in total. The molecule has 1 aliphatic rings. The van der Waals surface area contributed by atoms with Crippen molar-refractivity contribution in [3.63, 3.8) is 0 Å². The van der Waals surface area contributed by atoms with E-state index in [0.29, 0.717) is 11.0 Å². The van der Waals surface area contributed by atoms with Gasteiger partial charge >= 0.3 is 0 Å². The molecule has 2 aromatic rings. The first-order valence-electron chi connectivity index (χ1n) is 6.40. The summed E-state index contributed by atoms with van der Waals surface area (Å²) < 4.78 is 0. The van der Waals surface area contributed by atoms with Crippen LogP contribution in [-0.4, -0.2) is 9.97 Å². The Bertz CT molecular complexity index is 592. The largest absolute Gasteiger partial charge is 0.368 e. The van der Waals surface area contributed by atoms with Gasteiger partial charge in [0.15, 0.2) is 0 Å². The highest BCUT2D eigenvalue weighted by Gasteiger charge is 2.13. The monoisotopic (exact) mass is 274 g/mol. The molecular weight excluding hydrogens is 260 g/mol. The predicted octanol–water partition coefficient (Wildman–Crippen LogP) is 3.33. The third-order valence-corrected chi connectivity index (χ3v) is 3.56. The van der Waals surface area contributed by atoms with Crippen molar-refractivity contribution in [3.8, 4) is 0 Å². The van der Waals surface area contributed by atoms with Crippen LogP contribution in [0.2, 0.25) is 5.15 Å². The number of nitrogens with one attached hydrogen (secondary N) is 1. The third-order valence-electron chi connectivity index (χ3n) is 3.37. The van der Waals surface area contributed by atoms with Gasteiger partial charge in [-0.15, -0.1) is 0 Å². The second-order valence-corrected chi connectivity index (χ2v) is 5.10. The quantitative estimate of drug-likeness (QED) is 0.825. The van der Waals surface area contributed by atoms with E-state index in [1.807, 2.05) is 0 Å². The van der Waals surface area contributed by atoms with Crippen LogP contribution in [0.3, 0.4) is 0 Å². The fraction of sp³-hybridized carbons (Fsp3) is 0.286. The van der Waals surface area contributed by atoms with Crippen LogP contribution >= 0.6 is 11.6 Å². The second-order valence-electron chi connectivity index (χ2n) is 4.71. The predicted molar refractivity (Wildman–Crippen MR) is 77.8 cm³/mol. The highest BCUT2D eigenvalue weighted by Crippen LogP contribution is 2.29. The molecule has 0 saturated heterocycles. The molecule has 5 heteroatoms. The molecule has 1 aromatic carbocycles. The summed E-state index contributed by atoms with van der Waals surface area (Å²) in [6.45, 7) is 0. The molecule has 0 amide bonds. The van der Waals surface area contributed by atoms with Gasteiger partial charge in [-0.1, -0.05) is 23.7 Å². The molecule has 3 rings (SSSR count). The number of anilines is 3. The first-order valence-corrected chi connectivity index (χ1v) is 6.78. The van der Waals surface area contributed by atoms with E-state index in [1.165, 1.54) is 24.0 Å². The van der Waals surface area contributed by atoms with E-state index in [4.69, 9.17) is 17.3 Å². The molecule has 0 fully saturated rings. The van der Waals surface area contributed by atoms with Crippen LogP contribution in [0.5, 0.6) is 0 Å². The highest BCUT2D eigenvalue weighted by atomic mass is 35.5. The Morgan fingerprint density at radius 3 is 2.84 bits per heavy atom. The molecule has 0 bridgehead atoms. The Morgan fingerprint density at radius 1 is 1.16 bits per heavy atom. The minimum atomic E-state index is 0.180. The zero-order valence-corrected chi connectivity index (χ0v) is 11.2. The lowest BCUT2D eigenvalue weighted by Gasteiger charge is -2.19. The van der Waals surface area contributed by atoms with Crippen LogP contribution in [0.25, 0.3) is 0 Å². The number of aromatic nitrogens is 2. The summed E-state index contributed by atoms with van der Waals surface area (Å²) in [4.78, 5) is 8.00. The lowest BCUT2D eigenvalue weighted by molar-refractivity contribution is 0.687. The number of nitrogens with two attached hydrogens (primary N) is 1. The average molecular weight is 275 g/mol. The van der Waals surface area contributed by atoms with E-state index in [9.17, 15) is 0 Å². The number of aryl methyl sites for hydroxylation is 1. The van der Waals surface area contributed by atoms with E-state index in [1.54, 1.807) is 6.07 Å². The molecule has 98 valence electrons. The molecule has 1 aliphatic carbocycles. The highest BCUT2D eigenvalue weighted by molar-refractivity contribution is 6.29. The Hall–Kier alpha value is -1.81. The molecule has 19 heavy (non-hydrogen) atoms. The van der Waals surface area contributed by atoms with Crippen molar-refractivity contribution in [1.29, 1.82) is 0 Å². The van der Waals surface area contributed by atoms with Gasteiger partial charge in [-0.25, -0.2) is 4.98 Å². The molecule has 0 saturated carbocycles. The first-order chi connectivity index (χ1) is 9.22. The lowest BCUT2D eigenvalue weighted by atomic mass is 9.90. The smallest absolute Gasteiger partial charge is 0.223 e. The van der Waals surface area contributed by atoms with E-state index in [2.05, 4.69) is 33.5 Å². The van der Waals surface area contributed by atoms with Crippen LogP contribution in [0.1, 0.15) is 24.0 Å². The van der Waals surface area contributed by atoms with Crippen molar-refractivity contribution < 1.29 is 0 Å². The van der Waals surface area contributed by atoms with Gasteiger partial charge in [-0.2, -0.15) is 4.98 Å².